The maximum atomic E-state index is 12.8. The molecular formula is C31H50N2O3. The minimum absolute atomic E-state index is 0.298. The first-order valence-corrected chi connectivity index (χ1v) is 14.8. The van der Waals surface area contributed by atoms with E-state index in [0.29, 0.717) is 49.0 Å². The summed E-state index contributed by atoms with van der Waals surface area (Å²) in [5, 5.41) is 12.8. The van der Waals surface area contributed by atoms with E-state index in [1.807, 2.05) is 0 Å². The molecule has 5 nitrogen and oxygen atoms in total. The molecule has 1 aromatic carbocycles. The van der Waals surface area contributed by atoms with Gasteiger partial charge in [0.25, 0.3) is 0 Å². The highest BCUT2D eigenvalue weighted by Crippen LogP contribution is 2.72. The van der Waals surface area contributed by atoms with Crippen LogP contribution in [-0.2, 0) is 15.1 Å². The number of nitrogens with two attached hydrogens (primary N) is 2. The standard InChI is InChI=1S/C31H50N2O3/c1-28-14-12-25(35-20-6-18-32)22-24(28)10-11-27-26(28)13-15-29(2)30(27,34)16-17-31(29,36-21-7-19-33)23-8-4-3-5-9-23/h3-5,8-9,24-27,34H,6-7,10-22,32-33H2,1-2H3/t24-,25+,26+,27-,28+,29+,30+,31+/m1/s1. The topological polar surface area (TPSA) is 90.7 Å². The van der Waals surface area contributed by atoms with Crippen LogP contribution in [0.4, 0.5) is 0 Å². The third kappa shape index (κ3) is 4.00. The van der Waals surface area contributed by atoms with Crippen LogP contribution in [0.1, 0.15) is 90.0 Å². The summed E-state index contributed by atoms with van der Waals surface area (Å²) in [6.07, 6.45) is 12.0. The van der Waals surface area contributed by atoms with Crippen molar-refractivity contribution >= 4 is 0 Å². The van der Waals surface area contributed by atoms with Gasteiger partial charge in [0, 0.05) is 18.6 Å². The first-order valence-electron chi connectivity index (χ1n) is 14.8. The summed E-state index contributed by atoms with van der Waals surface area (Å²) >= 11 is 0. The SMILES string of the molecule is C[C@]12CC[C@H](OCCCN)C[C@H]1CC[C@@H]1[C@@H]2CC[C@]2(C)[C@@](OCCCN)(c3ccccc3)CC[C@]12O. The molecule has 5 rings (SSSR count). The minimum atomic E-state index is -0.697. The molecule has 0 amide bonds. The van der Waals surface area contributed by atoms with Crippen LogP contribution in [-0.4, -0.2) is 43.1 Å². The van der Waals surface area contributed by atoms with Crippen LogP contribution in [0.5, 0.6) is 0 Å². The number of hydrogen-bond donors (Lipinski definition) is 3. The molecule has 4 aliphatic carbocycles. The van der Waals surface area contributed by atoms with E-state index in [2.05, 4.69) is 44.2 Å². The molecular weight excluding hydrogens is 448 g/mol. The lowest BCUT2D eigenvalue weighted by Gasteiger charge is -2.65. The zero-order valence-corrected chi connectivity index (χ0v) is 22.7. The van der Waals surface area contributed by atoms with Gasteiger partial charge in [0.1, 0.15) is 5.60 Å². The Morgan fingerprint density at radius 3 is 2.36 bits per heavy atom. The van der Waals surface area contributed by atoms with Crippen LogP contribution in [0.3, 0.4) is 0 Å². The van der Waals surface area contributed by atoms with Crippen molar-refractivity contribution in [3.63, 3.8) is 0 Å². The van der Waals surface area contributed by atoms with Crippen LogP contribution in [0.25, 0.3) is 0 Å². The van der Waals surface area contributed by atoms with Gasteiger partial charge in [0.2, 0.25) is 0 Å². The molecule has 0 unspecified atom stereocenters. The van der Waals surface area contributed by atoms with E-state index in [-0.39, 0.29) is 5.41 Å². The number of aliphatic hydroxyl groups is 1. The lowest BCUT2D eigenvalue weighted by molar-refractivity contribution is -0.249. The number of benzene rings is 1. The molecule has 1 aromatic rings. The summed E-state index contributed by atoms with van der Waals surface area (Å²) in [5.41, 5.74) is 11.6. The van der Waals surface area contributed by atoms with Gasteiger partial charge in [0.15, 0.2) is 0 Å². The summed E-state index contributed by atoms with van der Waals surface area (Å²) in [6.45, 7) is 7.68. The highest BCUT2D eigenvalue weighted by Gasteiger charge is 2.72. The average molecular weight is 499 g/mol. The van der Waals surface area contributed by atoms with Crippen molar-refractivity contribution in [2.75, 3.05) is 26.3 Å². The average Bonchev–Trinajstić information content (AvgIpc) is 3.13. The van der Waals surface area contributed by atoms with Gasteiger partial charge >= 0.3 is 0 Å². The fourth-order valence-electron chi connectivity index (χ4n) is 9.48. The summed E-state index contributed by atoms with van der Waals surface area (Å²) in [6, 6.07) is 10.8. The summed E-state index contributed by atoms with van der Waals surface area (Å²) in [7, 11) is 0. The molecule has 0 bridgehead atoms. The molecule has 0 heterocycles. The van der Waals surface area contributed by atoms with Crippen molar-refractivity contribution in [3.05, 3.63) is 35.9 Å². The Morgan fingerprint density at radius 1 is 0.861 bits per heavy atom. The number of rotatable bonds is 9. The molecule has 4 fully saturated rings. The Hall–Kier alpha value is -0.980. The van der Waals surface area contributed by atoms with Gasteiger partial charge in [-0.1, -0.05) is 44.2 Å². The van der Waals surface area contributed by atoms with Crippen molar-refractivity contribution in [2.45, 2.75) is 102 Å². The molecule has 0 spiro atoms. The Balaban J connectivity index is 1.41. The maximum Gasteiger partial charge on any atom is 0.101 e. The fraction of sp³-hybridized carbons (Fsp3) is 0.806. The van der Waals surface area contributed by atoms with Gasteiger partial charge in [-0.05, 0) is 112 Å². The lowest BCUT2D eigenvalue weighted by atomic mass is 9.42. The number of fused-ring (bicyclic) bond motifs is 5. The largest absolute Gasteiger partial charge is 0.389 e. The van der Waals surface area contributed by atoms with E-state index in [0.717, 1.165) is 51.6 Å². The Labute approximate surface area is 218 Å². The summed E-state index contributed by atoms with van der Waals surface area (Å²) < 4.78 is 13.1. The lowest BCUT2D eigenvalue weighted by Crippen LogP contribution is -2.65. The predicted octanol–water partition coefficient (Wildman–Crippen LogP) is 5.14. The summed E-state index contributed by atoms with van der Waals surface area (Å²) in [5.74, 6) is 1.62. The quantitative estimate of drug-likeness (QED) is 0.410. The van der Waals surface area contributed by atoms with Crippen LogP contribution < -0.4 is 11.5 Å². The zero-order valence-electron chi connectivity index (χ0n) is 22.7. The van der Waals surface area contributed by atoms with Gasteiger partial charge in [-0.2, -0.15) is 0 Å². The Kier molecular flexibility index (Phi) is 7.61. The van der Waals surface area contributed by atoms with Gasteiger partial charge in [-0.25, -0.2) is 0 Å². The highest BCUT2D eigenvalue weighted by molar-refractivity contribution is 5.33. The third-order valence-corrected chi connectivity index (χ3v) is 11.6. The highest BCUT2D eigenvalue weighted by atomic mass is 16.5. The van der Waals surface area contributed by atoms with Crippen molar-refractivity contribution < 1.29 is 14.6 Å². The molecule has 0 saturated heterocycles. The second kappa shape index (κ2) is 10.3. The van der Waals surface area contributed by atoms with Gasteiger partial charge in [-0.3, -0.25) is 0 Å². The van der Waals surface area contributed by atoms with Crippen molar-refractivity contribution in [3.8, 4) is 0 Å². The van der Waals surface area contributed by atoms with Crippen molar-refractivity contribution in [1.82, 2.24) is 0 Å². The minimum Gasteiger partial charge on any atom is -0.389 e. The molecule has 0 aromatic heterocycles. The van der Waals surface area contributed by atoms with Crippen LogP contribution in [0.15, 0.2) is 30.3 Å². The second-order valence-corrected chi connectivity index (χ2v) is 12.9. The molecule has 5 N–H and O–H groups in total. The van der Waals surface area contributed by atoms with Crippen molar-refractivity contribution in [2.24, 2.45) is 40.1 Å². The zero-order chi connectivity index (χ0) is 25.4. The van der Waals surface area contributed by atoms with Gasteiger partial charge in [-0.15, -0.1) is 0 Å². The van der Waals surface area contributed by atoms with E-state index in [4.69, 9.17) is 20.9 Å². The second-order valence-electron chi connectivity index (χ2n) is 12.9. The first-order chi connectivity index (χ1) is 17.3. The van der Waals surface area contributed by atoms with Gasteiger partial charge < -0.3 is 26.0 Å². The molecule has 0 radical (unpaired) electrons. The molecule has 202 valence electrons. The monoisotopic (exact) mass is 498 g/mol. The van der Waals surface area contributed by atoms with Gasteiger partial charge in [0.05, 0.1) is 11.7 Å². The molecule has 0 aliphatic heterocycles. The van der Waals surface area contributed by atoms with Crippen LogP contribution in [0, 0.1) is 28.6 Å². The third-order valence-electron chi connectivity index (χ3n) is 11.6. The Morgan fingerprint density at radius 2 is 1.61 bits per heavy atom. The molecule has 8 atom stereocenters. The van der Waals surface area contributed by atoms with Crippen LogP contribution >= 0.6 is 0 Å². The van der Waals surface area contributed by atoms with E-state index in [9.17, 15) is 5.11 Å². The Bertz CT molecular complexity index is 882. The first kappa shape index (κ1) is 26.6. The molecule has 4 aliphatic rings. The smallest absolute Gasteiger partial charge is 0.101 e. The van der Waals surface area contributed by atoms with Crippen molar-refractivity contribution in [1.29, 1.82) is 0 Å². The van der Waals surface area contributed by atoms with Crippen LogP contribution in [0.2, 0.25) is 0 Å². The fourth-order valence-corrected chi connectivity index (χ4v) is 9.48. The van der Waals surface area contributed by atoms with E-state index in [1.165, 1.54) is 31.2 Å². The van der Waals surface area contributed by atoms with E-state index >= 15 is 0 Å². The normalized spacial score (nSPS) is 44.0. The predicted molar refractivity (Wildman–Crippen MR) is 144 cm³/mol. The molecule has 5 heteroatoms. The number of hydrogen-bond acceptors (Lipinski definition) is 5. The molecule has 4 saturated carbocycles. The maximum absolute atomic E-state index is 12.8. The van der Waals surface area contributed by atoms with E-state index < -0.39 is 11.2 Å². The summed E-state index contributed by atoms with van der Waals surface area (Å²) in [4.78, 5) is 0. The number of ether oxygens (including phenoxy) is 2. The molecule has 36 heavy (non-hydrogen) atoms. The van der Waals surface area contributed by atoms with E-state index in [1.54, 1.807) is 0 Å².